The van der Waals surface area contributed by atoms with Gasteiger partial charge in [-0.2, -0.15) is 4.31 Å². The van der Waals surface area contributed by atoms with E-state index in [0.717, 1.165) is 48.2 Å². The molecule has 0 unspecified atom stereocenters. The van der Waals surface area contributed by atoms with Crippen LogP contribution in [-0.4, -0.2) is 54.0 Å². The topological polar surface area (TPSA) is 106 Å². The molecule has 0 saturated heterocycles. The number of aliphatic carboxylic acids is 1. The van der Waals surface area contributed by atoms with Gasteiger partial charge in [0.25, 0.3) is 0 Å². The lowest BCUT2D eigenvalue weighted by atomic mass is 9.92. The maximum atomic E-state index is 13.3. The second kappa shape index (κ2) is 12.5. The van der Waals surface area contributed by atoms with Crippen molar-refractivity contribution in [2.24, 2.45) is 0 Å². The number of aromatic nitrogens is 1. The number of benzene rings is 1. The van der Waals surface area contributed by atoms with E-state index in [-0.39, 0.29) is 30.4 Å². The Bertz CT molecular complexity index is 1170. The van der Waals surface area contributed by atoms with Crippen LogP contribution < -0.4 is 0 Å². The first-order chi connectivity index (χ1) is 17.2. The van der Waals surface area contributed by atoms with Gasteiger partial charge in [-0.3, -0.25) is 9.59 Å². The number of carbonyl (C=O) groups excluding carboxylic acids is 1. The summed E-state index contributed by atoms with van der Waals surface area (Å²) in [5.41, 5.74) is 5.52. The fourth-order valence-electron chi connectivity index (χ4n) is 5.05. The van der Waals surface area contributed by atoms with Gasteiger partial charge < -0.3 is 14.4 Å². The highest BCUT2D eigenvalue weighted by Crippen LogP contribution is 2.32. The minimum absolute atomic E-state index is 0.0330. The molecule has 1 heterocycles. The Morgan fingerprint density at radius 3 is 2.42 bits per heavy atom. The van der Waals surface area contributed by atoms with Gasteiger partial charge in [0.05, 0.1) is 11.5 Å². The molecule has 0 spiro atoms. The van der Waals surface area contributed by atoms with E-state index in [2.05, 4.69) is 0 Å². The number of sulfonamides is 1. The molecule has 3 rings (SSSR count). The third-order valence-corrected chi connectivity index (χ3v) is 8.69. The Morgan fingerprint density at radius 1 is 1.08 bits per heavy atom. The molecule has 0 radical (unpaired) electrons. The SMILES string of the molecule is CCCN(CCCC(=O)OCC)S(=O)(=O)c1ccc(Cc2c3c(n(CC(=O)O)c2C)CCCC3)cc1. The number of carboxylic acids is 1. The van der Waals surface area contributed by atoms with Gasteiger partial charge >= 0.3 is 11.9 Å². The standard InChI is InChI=1S/C27H38N2O6S/c1-4-16-28(17-8-11-27(32)35-5-2)36(33,34)22-14-12-21(13-15-22)18-24-20(3)29(19-26(30)31)25-10-7-6-9-23(24)25/h12-15H,4-11,16-19H2,1-3H3,(H,30,31). The van der Waals surface area contributed by atoms with E-state index >= 15 is 0 Å². The first-order valence-electron chi connectivity index (χ1n) is 12.8. The number of hydrogen-bond acceptors (Lipinski definition) is 5. The van der Waals surface area contributed by atoms with Gasteiger partial charge in [0, 0.05) is 30.9 Å². The van der Waals surface area contributed by atoms with Crippen LogP contribution >= 0.6 is 0 Å². The molecule has 9 heteroatoms. The van der Waals surface area contributed by atoms with Crippen molar-refractivity contribution in [3.05, 3.63) is 52.3 Å². The van der Waals surface area contributed by atoms with Crippen LogP contribution in [0.4, 0.5) is 0 Å². The van der Waals surface area contributed by atoms with Crippen molar-refractivity contribution < 1.29 is 27.9 Å². The molecule has 2 aromatic rings. The molecule has 0 atom stereocenters. The number of carbonyl (C=O) groups is 2. The summed E-state index contributed by atoms with van der Waals surface area (Å²) in [6.07, 6.45) is 5.91. The van der Waals surface area contributed by atoms with Crippen molar-refractivity contribution >= 4 is 22.0 Å². The van der Waals surface area contributed by atoms with Crippen molar-refractivity contribution in [3.8, 4) is 0 Å². The Labute approximate surface area is 214 Å². The summed E-state index contributed by atoms with van der Waals surface area (Å²) in [7, 11) is -3.68. The van der Waals surface area contributed by atoms with Crippen LogP contribution in [0.5, 0.6) is 0 Å². The van der Waals surface area contributed by atoms with E-state index in [9.17, 15) is 23.1 Å². The molecule has 1 aromatic heterocycles. The molecule has 1 aromatic carbocycles. The Balaban J connectivity index is 1.78. The normalized spacial score (nSPS) is 13.6. The van der Waals surface area contributed by atoms with E-state index in [1.165, 1.54) is 9.87 Å². The van der Waals surface area contributed by atoms with Crippen LogP contribution in [0.1, 0.15) is 74.0 Å². The monoisotopic (exact) mass is 518 g/mol. The van der Waals surface area contributed by atoms with Gasteiger partial charge in [0.15, 0.2) is 0 Å². The summed E-state index contributed by atoms with van der Waals surface area (Å²) in [5, 5.41) is 9.38. The number of rotatable bonds is 13. The molecule has 0 bridgehead atoms. The van der Waals surface area contributed by atoms with E-state index in [4.69, 9.17) is 4.74 Å². The van der Waals surface area contributed by atoms with E-state index in [1.54, 1.807) is 19.1 Å². The van der Waals surface area contributed by atoms with Crippen LogP contribution in [0.25, 0.3) is 0 Å². The Kier molecular flexibility index (Phi) is 9.73. The van der Waals surface area contributed by atoms with Gasteiger partial charge in [-0.05, 0) is 87.6 Å². The molecule has 0 saturated carbocycles. The molecule has 1 aliphatic rings. The van der Waals surface area contributed by atoms with Crippen molar-refractivity contribution in [2.45, 2.75) is 83.6 Å². The molecule has 8 nitrogen and oxygen atoms in total. The first kappa shape index (κ1) is 27.9. The summed E-state index contributed by atoms with van der Waals surface area (Å²) >= 11 is 0. The highest BCUT2D eigenvalue weighted by atomic mass is 32.2. The molecular formula is C27H38N2O6S. The lowest BCUT2D eigenvalue weighted by molar-refractivity contribution is -0.143. The second-order valence-corrected chi connectivity index (χ2v) is 11.2. The number of hydrogen-bond donors (Lipinski definition) is 1. The van der Waals surface area contributed by atoms with E-state index in [1.807, 2.05) is 30.5 Å². The van der Waals surface area contributed by atoms with Crippen LogP contribution in [0, 0.1) is 6.92 Å². The lowest BCUT2D eigenvalue weighted by Gasteiger charge is -2.21. The number of carboxylic acid groups (broad SMARTS) is 1. The molecule has 198 valence electrons. The average molecular weight is 519 g/mol. The van der Waals surface area contributed by atoms with Crippen molar-refractivity contribution in [1.29, 1.82) is 0 Å². The van der Waals surface area contributed by atoms with E-state index < -0.39 is 16.0 Å². The maximum absolute atomic E-state index is 13.3. The van der Waals surface area contributed by atoms with Gasteiger partial charge in [0.1, 0.15) is 6.54 Å². The minimum Gasteiger partial charge on any atom is -0.480 e. The number of nitrogens with zero attached hydrogens (tertiary/aromatic N) is 2. The predicted octanol–water partition coefficient (Wildman–Crippen LogP) is 4.09. The highest BCUT2D eigenvalue weighted by Gasteiger charge is 2.25. The summed E-state index contributed by atoms with van der Waals surface area (Å²) in [6.45, 7) is 6.58. The molecule has 36 heavy (non-hydrogen) atoms. The molecule has 0 aliphatic heterocycles. The average Bonchev–Trinajstić information content (AvgIpc) is 3.09. The Hall–Kier alpha value is -2.65. The van der Waals surface area contributed by atoms with Gasteiger partial charge in [-0.15, -0.1) is 0 Å². The summed E-state index contributed by atoms with van der Waals surface area (Å²) in [6, 6.07) is 6.99. The van der Waals surface area contributed by atoms with Crippen LogP contribution in [-0.2, 0) is 50.2 Å². The lowest BCUT2D eigenvalue weighted by Crippen LogP contribution is -2.33. The third kappa shape index (κ3) is 6.56. The third-order valence-electron chi connectivity index (χ3n) is 6.77. The quantitative estimate of drug-likeness (QED) is 0.400. The smallest absolute Gasteiger partial charge is 0.323 e. The molecule has 0 amide bonds. The summed E-state index contributed by atoms with van der Waals surface area (Å²) < 4.78 is 34.9. The maximum Gasteiger partial charge on any atom is 0.323 e. The predicted molar refractivity (Wildman–Crippen MR) is 138 cm³/mol. The van der Waals surface area contributed by atoms with Crippen molar-refractivity contribution in [2.75, 3.05) is 19.7 Å². The zero-order chi connectivity index (χ0) is 26.3. The fraction of sp³-hybridized carbons (Fsp3) is 0.556. The van der Waals surface area contributed by atoms with Crippen molar-refractivity contribution in [1.82, 2.24) is 8.87 Å². The van der Waals surface area contributed by atoms with Gasteiger partial charge in [-0.25, -0.2) is 8.42 Å². The summed E-state index contributed by atoms with van der Waals surface area (Å²) in [5.74, 6) is -1.16. The second-order valence-electron chi connectivity index (χ2n) is 9.31. The molecular weight excluding hydrogens is 480 g/mol. The van der Waals surface area contributed by atoms with E-state index in [0.29, 0.717) is 32.4 Å². The zero-order valence-corrected chi connectivity index (χ0v) is 22.4. The Morgan fingerprint density at radius 2 is 1.78 bits per heavy atom. The number of esters is 1. The molecule has 0 fully saturated rings. The van der Waals surface area contributed by atoms with Crippen LogP contribution in [0.2, 0.25) is 0 Å². The largest absolute Gasteiger partial charge is 0.480 e. The zero-order valence-electron chi connectivity index (χ0n) is 21.6. The van der Waals surface area contributed by atoms with Crippen LogP contribution in [0.15, 0.2) is 29.2 Å². The number of fused-ring (bicyclic) bond motifs is 1. The van der Waals surface area contributed by atoms with Crippen molar-refractivity contribution in [3.63, 3.8) is 0 Å². The van der Waals surface area contributed by atoms with Gasteiger partial charge in [-0.1, -0.05) is 19.1 Å². The fourth-order valence-corrected chi connectivity index (χ4v) is 6.62. The van der Waals surface area contributed by atoms with Crippen LogP contribution in [0.3, 0.4) is 0 Å². The molecule has 1 N–H and O–H groups in total. The minimum atomic E-state index is -3.68. The molecule has 1 aliphatic carbocycles. The van der Waals surface area contributed by atoms with Gasteiger partial charge in [0.2, 0.25) is 10.0 Å². The summed E-state index contributed by atoms with van der Waals surface area (Å²) in [4.78, 5) is 23.3. The highest BCUT2D eigenvalue weighted by molar-refractivity contribution is 7.89. The first-order valence-corrected chi connectivity index (χ1v) is 14.3. The number of ether oxygens (including phenoxy) is 1.